The van der Waals surface area contributed by atoms with E-state index >= 15 is 0 Å². The van der Waals surface area contributed by atoms with E-state index in [1.54, 1.807) is 18.5 Å². The van der Waals surface area contributed by atoms with Crippen LogP contribution in [-0.4, -0.2) is 34.4 Å². The first-order chi connectivity index (χ1) is 9.74. The van der Waals surface area contributed by atoms with E-state index in [0.29, 0.717) is 29.2 Å². The molecule has 6 heteroatoms. The van der Waals surface area contributed by atoms with Crippen LogP contribution >= 0.6 is 11.6 Å². The average molecular weight is 291 g/mol. The second-order valence-electron chi connectivity index (χ2n) is 4.17. The SMILES string of the molecule is N=C/C(=C\NCCCO)c1cnc2ccc(Cl)nc2c1. The molecule has 0 aliphatic rings. The molecule has 0 aliphatic heterocycles. The average Bonchev–Trinajstić information content (AvgIpc) is 2.46. The number of pyridine rings is 2. The van der Waals surface area contributed by atoms with Gasteiger partial charge in [0.15, 0.2) is 0 Å². The quantitative estimate of drug-likeness (QED) is 0.433. The lowest BCUT2D eigenvalue weighted by Crippen LogP contribution is -2.09. The summed E-state index contributed by atoms with van der Waals surface area (Å²) in [6.07, 6.45) is 5.34. The zero-order chi connectivity index (χ0) is 14.4. The second kappa shape index (κ2) is 6.98. The lowest BCUT2D eigenvalue weighted by atomic mass is 10.1. The Kier molecular flexibility index (Phi) is 5.03. The van der Waals surface area contributed by atoms with E-state index in [9.17, 15) is 0 Å². The van der Waals surface area contributed by atoms with Crippen molar-refractivity contribution in [3.8, 4) is 0 Å². The number of hydrogen-bond acceptors (Lipinski definition) is 5. The van der Waals surface area contributed by atoms with Crippen molar-refractivity contribution in [2.45, 2.75) is 6.42 Å². The summed E-state index contributed by atoms with van der Waals surface area (Å²) in [6.45, 7) is 0.791. The molecule has 0 aliphatic carbocycles. The molecule has 2 aromatic rings. The molecule has 0 atom stereocenters. The fourth-order valence-corrected chi connectivity index (χ4v) is 1.87. The third-order valence-electron chi connectivity index (χ3n) is 2.73. The van der Waals surface area contributed by atoms with Crippen molar-refractivity contribution < 1.29 is 5.11 Å². The Bertz CT molecular complexity index is 642. The number of rotatable bonds is 6. The monoisotopic (exact) mass is 290 g/mol. The first-order valence-electron chi connectivity index (χ1n) is 6.22. The van der Waals surface area contributed by atoms with Crippen molar-refractivity contribution in [2.24, 2.45) is 0 Å². The number of hydrogen-bond donors (Lipinski definition) is 3. The van der Waals surface area contributed by atoms with Gasteiger partial charge in [-0.1, -0.05) is 11.6 Å². The van der Waals surface area contributed by atoms with Gasteiger partial charge < -0.3 is 15.8 Å². The van der Waals surface area contributed by atoms with Crippen LogP contribution in [0.1, 0.15) is 12.0 Å². The maximum Gasteiger partial charge on any atom is 0.129 e. The van der Waals surface area contributed by atoms with Gasteiger partial charge in [0.1, 0.15) is 5.15 Å². The molecule has 2 rings (SSSR count). The van der Waals surface area contributed by atoms with E-state index in [0.717, 1.165) is 11.1 Å². The Hall–Kier alpha value is -1.98. The van der Waals surface area contributed by atoms with Crippen LogP contribution in [0, 0.1) is 5.41 Å². The number of nitrogens with zero attached hydrogens (tertiary/aromatic N) is 2. The third kappa shape index (κ3) is 3.53. The predicted molar refractivity (Wildman–Crippen MR) is 81.0 cm³/mol. The van der Waals surface area contributed by atoms with Gasteiger partial charge in [0.2, 0.25) is 0 Å². The summed E-state index contributed by atoms with van der Waals surface area (Å²) in [5.41, 5.74) is 2.94. The largest absolute Gasteiger partial charge is 0.396 e. The Labute approximate surface area is 121 Å². The lowest BCUT2D eigenvalue weighted by molar-refractivity contribution is 0.288. The van der Waals surface area contributed by atoms with Gasteiger partial charge >= 0.3 is 0 Å². The first-order valence-corrected chi connectivity index (χ1v) is 6.60. The molecule has 0 radical (unpaired) electrons. The summed E-state index contributed by atoms with van der Waals surface area (Å²) in [6, 6.07) is 5.35. The number of aliphatic hydroxyl groups excluding tert-OH is 1. The van der Waals surface area contributed by atoms with Crippen molar-refractivity contribution in [3.63, 3.8) is 0 Å². The minimum atomic E-state index is 0.140. The lowest BCUT2D eigenvalue weighted by Gasteiger charge is -2.05. The molecule has 0 fully saturated rings. The van der Waals surface area contributed by atoms with Crippen molar-refractivity contribution in [1.29, 1.82) is 5.41 Å². The van der Waals surface area contributed by atoms with Gasteiger partial charge in [-0.15, -0.1) is 0 Å². The van der Waals surface area contributed by atoms with Crippen LogP contribution < -0.4 is 5.32 Å². The van der Waals surface area contributed by atoms with Gasteiger partial charge in [0, 0.05) is 42.9 Å². The smallest absolute Gasteiger partial charge is 0.129 e. The van der Waals surface area contributed by atoms with Crippen LogP contribution in [0.2, 0.25) is 5.15 Å². The third-order valence-corrected chi connectivity index (χ3v) is 2.94. The summed E-state index contributed by atoms with van der Waals surface area (Å²) < 4.78 is 0. The summed E-state index contributed by atoms with van der Waals surface area (Å²) in [5.74, 6) is 0. The molecule has 0 bridgehead atoms. The summed E-state index contributed by atoms with van der Waals surface area (Å²) in [4.78, 5) is 8.51. The number of aliphatic hydroxyl groups is 1. The molecule has 2 heterocycles. The molecule has 104 valence electrons. The molecule has 2 aromatic heterocycles. The Morgan fingerprint density at radius 1 is 1.40 bits per heavy atom. The zero-order valence-electron chi connectivity index (χ0n) is 10.8. The van der Waals surface area contributed by atoms with Crippen LogP contribution in [0.3, 0.4) is 0 Å². The van der Waals surface area contributed by atoms with E-state index in [2.05, 4.69) is 15.3 Å². The maximum absolute atomic E-state index is 8.71. The molecule has 0 amide bonds. The molecule has 0 aromatic carbocycles. The van der Waals surface area contributed by atoms with Crippen molar-refractivity contribution >= 4 is 34.4 Å². The minimum Gasteiger partial charge on any atom is -0.396 e. The molecule has 0 spiro atoms. The summed E-state index contributed by atoms with van der Waals surface area (Å²) >= 11 is 5.87. The standard InChI is InChI=1S/C14H15ClN4O/c15-14-3-2-12-13(19-14)6-10(9-18-12)11(7-16)8-17-4-1-5-20/h2-3,6-9,16-17,20H,1,4-5H2/b11-8+,16-7?. The fourth-order valence-electron chi connectivity index (χ4n) is 1.71. The number of allylic oxidation sites excluding steroid dienone is 1. The van der Waals surface area contributed by atoms with E-state index < -0.39 is 0 Å². The van der Waals surface area contributed by atoms with Crippen LogP contribution in [0.25, 0.3) is 16.6 Å². The highest BCUT2D eigenvalue weighted by Gasteiger charge is 2.03. The van der Waals surface area contributed by atoms with Gasteiger partial charge in [0.05, 0.1) is 11.0 Å². The summed E-state index contributed by atoms with van der Waals surface area (Å²) in [7, 11) is 0. The van der Waals surface area contributed by atoms with Gasteiger partial charge in [-0.3, -0.25) is 4.98 Å². The highest BCUT2D eigenvalue weighted by molar-refractivity contribution is 6.29. The van der Waals surface area contributed by atoms with E-state index in [1.807, 2.05) is 12.1 Å². The minimum absolute atomic E-state index is 0.140. The van der Waals surface area contributed by atoms with E-state index in [1.165, 1.54) is 6.21 Å². The number of fused-ring (bicyclic) bond motifs is 1. The molecular formula is C14H15ClN4O. The normalized spacial score (nSPS) is 11.6. The summed E-state index contributed by atoms with van der Waals surface area (Å²) in [5, 5.41) is 19.6. The number of halogens is 1. The maximum atomic E-state index is 8.71. The number of aromatic nitrogens is 2. The topological polar surface area (TPSA) is 81.9 Å². The van der Waals surface area contributed by atoms with Gasteiger partial charge in [-0.05, 0) is 24.6 Å². The number of nitrogens with one attached hydrogen (secondary N) is 2. The fraction of sp³-hybridized carbons (Fsp3) is 0.214. The Balaban J connectivity index is 2.27. The Morgan fingerprint density at radius 2 is 2.25 bits per heavy atom. The van der Waals surface area contributed by atoms with Crippen LogP contribution in [0.4, 0.5) is 0 Å². The van der Waals surface area contributed by atoms with Crippen molar-refractivity contribution in [2.75, 3.05) is 13.2 Å². The zero-order valence-corrected chi connectivity index (χ0v) is 11.6. The molecule has 5 nitrogen and oxygen atoms in total. The highest BCUT2D eigenvalue weighted by Crippen LogP contribution is 2.18. The van der Waals surface area contributed by atoms with Crippen LogP contribution in [0.5, 0.6) is 0 Å². The second-order valence-corrected chi connectivity index (χ2v) is 4.56. The van der Waals surface area contributed by atoms with Crippen LogP contribution in [0.15, 0.2) is 30.6 Å². The Morgan fingerprint density at radius 3 is 3.00 bits per heavy atom. The van der Waals surface area contributed by atoms with Crippen LogP contribution in [-0.2, 0) is 0 Å². The van der Waals surface area contributed by atoms with Crippen molar-refractivity contribution in [1.82, 2.24) is 15.3 Å². The van der Waals surface area contributed by atoms with Gasteiger partial charge in [-0.2, -0.15) is 0 Å². The van der Waals surface area contributed by atoms with E-state index in [4.69, 9.17) is 22.1 Å². The molecule has 0 saturated carbocycles. The predicted octanol–water partition coefficient (Wildman–Crippen LogP) is 2.25. The van der Waals surface area contributed by atoms with Gasteiger partial charge in [-0.25, -0.2) is 4.98 Å². The van der Waals surface area contributed by atoms with Crippen molar-refractivity contribution in [3.05, 3.63) is 41.3 Å². The molecule has 0 saturated heterocycles. The molecular weight excluding hydrogens is 276 g/mol. The highest BCUT2D eigenvalue weighted by atomic mass is 35.5. The van der Waals surface area contributed by atoms with E-state index in [-0.39, 0.29) is 6.61 Å². The molecule has 3 N–H and O–H groups in total. The molecule has 0 unspecified atom stereocenters. The van der Waals surface area contributed by atoms with Gasteiger partial charge in [0.25, 0.3) is 0 Å². The first kappa shape index (κ1) is 14.4. The molecule has 20 heavy (non-hydrogen) atoms.